The Balaban J connectivity index is 1.72. The first-order valence-corrected chi connectivity index (χ1v) is 13.7. The van der Waals surface area contributed by atoms with Gasteiger partial charge in [-0.25, -0.2) is 0 Å². The number of rotatable bonds is 14. The Morgan fingerprint density at radius 1 is 1.03 bits per heavy atom. The van der Waals surface area contributed by atoms with Gasteiger partial charge in [0.2, 0.25) is 0 Å². The number of carboxylic acid groups (broad SMARTS) is 1. The van der Waals surface area contributed by atoms with Gasteiger partial charge in [-0.2, -0.15) is 0 Å². The minimum absolute atomic E-state index is 0.0835. The number of ether oxygens (including phenoxy) is 1. The van der Waals surface area contributed by atoms with E-state index in [0.717, 1.165) is 41.0 Å². The fraction of sp³-hybridized carbons (Fsp3) is 0.414. The van der Waals surface area contributed by atoms with E-state index in [0.29, 0.717) is 47.5 Å². The van der Waals surface area contributed by atoms with E-state index in [1.807, 2.05) is 19.9 Å². The topological polar surface area (TPSA) is 114 Å². The number of phenols is 1. The van der Waals surface area contributed by atoms with Crippen LogP contribution in [0.1, 0.15) is 73.7 Å². The van der Waals surface area contributed by atoms with E-state index >= 15 is 0 Å². The van der Waals surface area contributed by atoms with E-state index in [-0.39, 0.29) is 29.8 Å². The van der Waals surface area contributed by atoms with Crippen LogP contribution in [0.25, 0.3) is 11.0 Å². The minimum atomic E-state index is -0.946. The van der Waals surface area contributed by atoms with Gasteiger partial charge in [0.25, 0.3) is 0 Å². The summed E-state index contributed by atoms with van der Waals surface area (Å²) in [4.78, 5) is 36.3. The molecule has 0 saturated heterocycles. The van der Waals surface area contributed by atoms with Crippen molar-refractivity contribution in [3.8, 4) is 11.5 Å². The van der Waals surface area contributed by atoms with Crippen LogP contribution in [0.3, 0.4) is 0 Å². The third kappa shape index (κ3) is 7.16. The van der Waals surface area contributed by atoms with Crippen molar-refractivity contribution in [1.82, 2.24) is 0 Å². The van der Waals surface area contributed by atoms with Gasteiger partial charge in [0, 0.05) is 34.3 Å². The van der Waals surface area contributed by atoms with Crippen LogP contribution in [-0.2, 0) is 24.1 Å². The number of carbonyl (C=O) groups excluding carboxylic acids is 1. The van der Waals surface area contributed by atoms with Crippen LogP contribution in [0, 0.1) is 0 Å². The average Bonchev–Trinajstić information content (AvgIpc) is 2.85. The number of ketones is 1. The van der Waals surface area contributed by atoms with Crippen molar-refractivity contribution in [1.29, 1.82) is 0 Å². The molecule has 37 heavy (non-hydrogen) atoms. The van der Waals surface area contributed by atoms with Gasteiger partial charge in [0.05, 0.1) is 24.0 Å². The van der Waals surface area contributed by atoms with E-state index in [4.69, 9.17) is 14.3 Å². The van der Waals surface area contributed by atoms with Crippen molar-refractivity contribution in [2.24, 2.45) is 0 Å². The van der Waals surface area contributed by atoms with Crippen molar-refractivity contribution < 1.29 is 29.0 Å². The molecule has 0 saturated carbocycles. The second kappa shape index (κ2) is 13.3. The van der Waals surface area contributed by atoms with Crippen molar-refractivity contribution in [2.45, 2.75) is 70.6 Å². The summed E-state index contributed by atoms with van der Waals surface area (Å²) in [5, 5.41) is 20.0. The van der Waals surface area contributed by atoms with Gasteiger partial charge >= 0.3 is 5.97 Å². The molecule has 3 aromatic rings. The molecule has 2 N–H and O–H groups in total. The third-order valence-electron chi connectivity index (χ3n) is 6.02. The monoisotopic (exact) mass is 526 g/mol. The second-order valence-electron chi connectivity index (χ2n) is 8.93. The quantitative estimate of drug-likeness (QED) is 0.145. The highest BCUT2D eigenvalue weighted by Crippen LogP contribution is 2.34. The largest absolute Gasteiger partial charge is 0.507 e. The van der Waals surface area contributed by atoms with Gasteiger partial charge in [0.1, 0.15) is 22.8 Å². The van der Waals surface area contributed by atoms with Gasteiger partial charge in [-0.15, -0.1) is 11.8 Å². The molecule has 0 spiro atoms. The average molecular weight is 527 g/mol. The maximum atomic E-state index is 12.6. The molecule has 0 aliphatic carbocycles. The molecular formula is C29H34O7S. The Labute approximate surface area is 220 Å². The Kier molecular flexibility index (Phi) is 10.2. The number of phenolic OH excluding ortho intramolecular Hbond substituents is 1. The van der Waals surface area contributed by atoms with Gasteiger partial charge in [-0.3, -0.25) is 14.4 Å². The highest BCUT2D eigenvalue weighted by molar-refractivity contribution is 7.99. The number of fused-ring (bicyclic) bond motifs is 1. The maximum absolute atomic E-state index is 12.6. The number of aryl methyl sites for hydroxylation is 2. The summed E-state index contributed by atoms with van der Waals surface area (Å²) in [6, 6.07) is 8.44. The Morgan fingerprint density at radius 3 is 2.43 bits per heavy atom. The van der Waals surface area contributed by atoms with Crippen LogP contribution in [0.4, 0.5) is 0 Å². The molecule has 0 unspecified atom stereocenters. The number of aliphatic carboxylic acids is 1. The lowest BCUT2D eigenvalue weighted by molar-refractivity contribution is -0.137. The number of carboxylic acids is 1. The second-order valence-corrected chi connectivity index (χ2v) is 10.1. The summed E-state index contributed by atoms with van der Waals surface area (Å²) in [6.45, 7) is 5.98. The Morgan fingerprint density at radius 2 is 1.76 bits per heavy atom. The van der Waals surface area contributed by atoms with Crippen molar-refractivity contribution in [3.05, 3.63) is 63.0 Å². The van der Waals surface area contributed by atoms with E-state index in [2.05, 4.69) is 0 Å². The van der Waals surface area contributed by atoms with Crippen molar-refractivity contribution in [2.75, 3.05) is 12.4 Å². The Hall–Kier alpha value is -3.26. The molecule has 3 rings (SSSR count). The molecule has 8 heteroatoms. The number of hydrogen-bond donors (Lipinski definition) is 2. The number of benzene rings is 2. The summed E-state index contributed by atoms with van der Waals surface area (Å²) >= 11 is 1.63. The fourth-order valence-corrected chi connectivity index (χ4v) is 5.25. The highest BCUT2D eigenvalue weighted by atomic mass is 32.2. The van der Waals surface area contributed by atoms with Gasteiger partial charge < -0.3 is 19.4 Å². The smallest absolute Gasteiger partial charge is 0.303 e. The minimum Gasteiger partial charge on any atom is -0.507 e. The molecule has 0 radical (unpaired) electrons. The van der Waals surface area contributed by atoms with Crippen LogP contribution in [0.15, 0.2) is 44.4 Å². The number of aromatic hydroxyl groups is 1. The molecule has 1 aromatic heterocycles. The first-order chi connectivity index (χ1) is 17.8. The first-order valence-electron chi connectivity index (χ1n) is 12.7. The molecule has 198 valence electrons. The van der Waals surface area contributed by atoms with Gasteiger partial charge in [-0.05, 0) is 50.5 Å². The standard InChI is InChI=1S/C29H34O7S/c1-4-7-22-25(12-10-21-24(31)17-19(36-29(21)22)9-14-27(32)33)35-15-6-16-37-26-13-11-20(18(3)30)28(34)23(26)8-5-2/h10-13,17,34H,4-9,14-16H2,1-3H3,(H,32,33). The van der Waals surface area contributed by atoms with E-state index in [1.165, 1.54) is 13.0 Å². The summed E-state index contributed by atoms with van der Waals surface area (Å²) < 4.78 is 12.1. The summed E-state index contributed by atoms with van der Waals surface area (Å²) in [5.74, 6) is 0.767. The van der Waals surface area contributed by atoms with E-state index in [9.17, 15) is 19.5 Å². The third-order valence-corrected chi connectivity index (χ3v) is 7.20. The SMILES string of the molecule is CCCc1c(SCCCOc2ccc3c(=O)cc(CCC(=O)O)oc3c2CCC)ccc(C(C)=O)c1O. The number of thioether (sulfide) groups is 1. The van der Waals surface area contributed by atoms with Crippen molar-refractivity contribution in [3.63, 3.8) is 0 Å². The predicted octanol–water partition coefficient (Wildman–Crippen LogP) is 6.18. The predicted molar refractivity (Wildman–Crippen MR) is 145 cm³/mol. The van der Waals surface area contributed by atoms with Crippen LogP contribution in [-0.4, -0.2) is 34.3 Å². The molecule has 0 fully saturated rings. The molecule has 1 heterocycles. The zero-order chi connectivity index (χ0) is 26.9. The maximum Gasteiger partial charge on any atom is 0.303 e. The summed E-state index contributed by atoms with van der Waals surface area (Å²) in [5.41, 5.74) is 2.26. The fourth-order valence-electron chi connectivity index (χ4n) is 4.23. The zero-order valence-corrected chi connectivity index (χ0v) is 22.4. The first kappa shape index (κ1) is 28.3. The van der Waals surface area contributed by atoms with Gasteiger partial charge in [0.15, 0.2) is 11.2 Å². The van der Waals surface area contributed by atoms with Crippen LogP contribution >= 0.6 is 11.8 Å². The van der Waals surface area contributed by atoms with Crippen LogP contribution in [0.5, 0.6) is 11.5 Å². The molecule has 0 aliphatic heterocycles. The highest BCUT2D eigenvalue weighted by Gasteiger charge is 2.17. The number of Topliss-reactive ketones (excluding diaryl/α,β-unsaturated/α-hetero) is 1. The van der Waals surface area contributed by atoms with Crippen LogP contribution in [0.2, 0.25) is 0 Å². The number of hydrogen-bond acceptors (Lipinski definition) is 7. The molecule has 7 nitrogen and oxygen atoms in total. The normalized spacial score (nSPS) is 11.1. The molecule has 0 atom stereocenters. The lowest BCUT2D eigenvalue weighted by Gasteiger charge is -2.15. The molecule has 2 aromatic carbocycles. The Bertz CT molecular complexity index is 1330. The zero-order valence-electron chi connectivity index (χ0n) is 21.6. The molecular weight excluding hydrogens is 492 g/mol. The summed E-state index contributed by atoms with van der Waals surface area (Å²) in [7, 11) is 0. The van der Waals surface area contributed by atoms with Crippen LogP contribution < -0.4 is 10.2 Å². The van der Waals surface area contributed by atoms with E-state index in [1.54, 1.807) is 30.0 Å². The van der Waals surface area contributed by atoms with E-state index < -0.39 is 5.97 Å². The molecule has 0 bridgehead atoms. The van der Waals surface area contributed by atoms with Gasteiger partial charge in [-0.1, -0.05) is 26.7 Å². The molecule has 0 amide bonds. The molecule has 0 aliphatic rings. The number of carbonyl (C=O) groups is 2. The lowest BCUT2D eigenvalue weighted by atomic mass is 10.0. The van der Waals surface area contributed by atoms with Crippen molar-refractivity contribution >= 4 is 34.5 Å². The summed E-state index contributed by atoms with van der Waals surface area (Å²) in [6.07, 6.45) is 3.84. The lowest BCUT2D eigenvalue weighted by Crippen LogP contribution is -2.08.